The third kappa shape index (κ3) is 2.03. The zero-order valence-corrected chi connectivity index (χ0v) is 6.13. The Morgan fingerprint density at radius 2 is 2.67 bits per heavy atom. The van der Waals surface area contributed by atoms with E-state index in [1.165, 1.54) is 23.1 Å². The van der Waals surface area contributed by atoms with Gasteiger partial charge in [-0.3, -0.25) is 5.41 Å². The maximum atomic E-state index is 6.88. The van der Waals surface area contributed by atoms with Gasteiger partial charge in [0, 0.05) is 11.6 Å². The van der Waals surface area contributed by atoms with Gasteiger partial charge in [-0.25, -0.2) is 4.98 Å². The monoisotopic (exact) mass is 159 g/mol. The summed E-state index contributed by atoms with van der Waals surface area (Å²) in [6.07, 6.45) is 1.69. The van der Waals surface area contributed by atoms with Crippen LogP contribution in [0.2, 0.25) is 0 Å². The van der Waals surface area contributed by atoms with E-state index < -0.39 is 0 Å². The zero-order chi connectivity index (χ0) is 6.69. The molecule has 0 aliphatic rings. The molecule has 9 heavy (non-hydrogen) atoms. The van der Waals surface area contributed by atoms with Crippen molar-refractivity contribution < 1.29 is 0 Å². The number of nitrogens with zero attached hydrogens (tertiary/aromatic N) is 1. The van der Waals surface area contributed by atoms with E-state index in [-0.39, 0.29) is 5.17 Å². The molecule has 0 amide bonds. The van der Waals surface area contributed by atoms with E-state index in [1.54, 1.807) is 6.20 Å². The first-order chi connectivity index (χ1) is 4.29. The molecule has 0 bridgehead atoms. The molecular weight excluding hydrogens is 154 g/mol. The van der Waals surface area contributed by atoms with Crippen LogP contribution in [0.4, 0.5) is 0 Å². The molecule has 0 atom stereocenters. The minimum atomic E-state index is 0.0879. The highest BCUT2D eigenvalue weighted by molar-refractivity contribution is 8.14. The molecule has 0 unspecified atom stereocenters. The molecule has 0 aliphatic heterocycles. The first kappa shape index (κ1) is 6.57. The van der Waals surface area contributed by atoms with Crippen LogP contribution in [-0.4, -0.2) is 10.2 Å². The van der Waals surface area contributed by atoms with Gasteiger partial charge in [0.2, 0.25) is 0 Å². The van der Waals surface area contributed by atoms with Gasteiger partial charge in [-0.2, -0.15) is 0 Å². The van der Waals surface area contributed by atoms with Gasteiger partial charge >= 0.3 is 0 Å². The molecule has 5 heteroatoms. The fraction of sp³-hybridized carbons (Fsp3) is 0. The van der Waals surface area contributed by atoms with Gasteiger partial charge in [-0.1, -0.05) is 0 Å². The summed E-state index contributed by atoms with van der Waals surface area (Å²) in [6.45, 7) is 0. The van der Waals surface area contributed by atoms with Gasteiger partial charge < -0.3 is 5.73 Å². The Hall–Kier alpha value is -0.550. The van der Waals surface area contributed by atoms with Crippen LogP contribution < -0.4 is 5.73 Å². The van der Waals surface area contributed by atoms with E-state index in [0.29, 0.717) is 0 Å². The molecule has 48 valence electrons. The number of rotatable bonds is 1. The molecule has 1 aromatic rings. The minimum absolute atomic E-state index is 0.0879. The van der Waals surface area contributed by atoms with Crippen molar-refractivity contribution in [3.05, 3.63) is 11.6 Å². The third-order valence-electron chi connectivity index (χ3n) is 0.607. The van der Waals surface area contributed by atoms with Crippen molar-refractivity contribution in [2.24, 2.45) is 5.73 Å². The highest BCUT2D eigenvalue weighted by atomic mass is 32.2. The van der Waals surface area contributed by atoms with Gasteiger partial charge in [0.15, 0.2) is 9.51 Å². The lowest BCUT2D eigenvalue weighted by atomic mass is 11.0. The molecule has 0 saturated carbocycles. The predicted octanol–water partition coefficient (Wildman–Crippen LogP) is 1.13. The van der Waals surface area contributed by atoms with Crippen molar-refractivity contribution in [3.8, 4) is 0 Å². The number of aromatic nitrogens is 1. The number of amidine groups is 1. The Kier molecular flexibility index (Phi) is 2.07. The van der Waals surface area contributed by atoms with Crippen LogP contribution >= 0.6 is 23.1 Å². The van der Waals surface area contributed by atoms with E-state index in [2.05, 4.69) is 4.98 Å². The fourth-order valence-electron chi connectivity index (χ4n) is 0.355. The number of nitrogens with one attached hydrogen (secondary N) is 1. The van der Waals surface area contributed by atoms with Crippen LogP contribution in [0.25, 0.3) is 0 Å². The highest BCUT2D eigenvalue weighted by Crippen LogP contribution is 2.18. The summed E-state index contributed by atoms with van der Waals surface area (Å²) in [5.74, 6) is 0. The van der Waals surface area contributed by atoms with Crippen LogP contribution in [0.1, 0.15) is 0 Å². The Morgan fingerprint density at radius 3 is 3.11 bits per heavy atom. The van der Waals surface area contributed by atoms with Gasteiger partial charge in [0.1, 0.15) is 0 Å². The zero-order valence-electron chi connectivity index (χ0n) is 4.50. The maximum absolute atomic E-state index is 6.88. The molecule has 0 saturated heterocycles. The van der Waals surface area contributed by atoms with Crippen molar-refractivity contribution in [3.63, 3.8) is 0 Å². The number of nitrogens with two attached hydrogens (primary N) is 1. The van der Waals surface area contributed by atoms with Gasteiger partial charge in [-0.15, -0.1) is 11.3 Å². The second-order valence-corrected chi connectivity index (χ2v) is 3.45. The molecule has 3 N–H and O–H groups in total. The fourth-order valence-corrected chi connectivity index (χ4v) is 1.64. The molecule has 0 radical (unpaired) electrons. The van der Waals surface area contributed by atoms with Crippen molar-refractivity contribution >= 4 is 28.3 Å². The second kappa shape index (κ2) is 2.84. The van der Waals surface area contributed by atoms with E-state index in [1.807, 2.05) is 5.38 Å². The smallest absolute Gasteiger partial charge is 0.158 e. The van der Waals surface area contributed by atoms with Gasteiger partial charge in [0.05, 0.1) is 0 Å². The molecule has 1 aromatic heterocycles. The average Bonchev–Trinajstić information content (AvgIpc) is 2.15. The van der Waals surface area contributed by atoms with Gasteiger partial charge in [0.25, 0.3) is 0 Å². The molecule has 0 aromatic carbocycles. The molecule has 3 nitrogen and oxygen atoms in total. The lowest BCUT2D eigenvalue weighted by Gasteiger charge is -1.87. The minimum Gasteiger partial charge on any atom is -0.378 e. The normalized spacial score (nSPS) is 9.33. The molecule has 0 aliphatic carbocycles. The Labute approximate surface area is 60.8 Å². The van der Waals surface area contributed by atoms with Crippen LogP contribution in [-0.2, 0) is 0 Å². The van der Waals surface area contributed by atoms with Crippen molar-refractivity contribution in [1.82, 2.24) is 4.98 Å². The summed E-state index contributed by atoms with van der Waals surface area (Å²) in [6, 6.07) is 0. The molecular formula is C4H5N3S2. The van der Waals surface area contributed by atoms with Crippen molar-refractivity contribution in [1.29, 1.82) is 5.41 Å². The van der Waals surface area contributed by atoms with Crippen LogP contribution in [0.3, 0.4) is 0 Å². The van der Waals surface area contributed by atoms with Crippen LogP contribution in [0.15, 0.2) is 15.9 Å². The Balaban J connectivity index is 2.58. The van der Waals surface area contributed by atoms with Gasteiger partial charge in [-0.05, 0) is 11.8 Å². The van der Waals surface area contributed by atoms with E-state index in [4.69, 9.17) is 11.1 Å². The number of hydrogen-bond acceptors (Lipinski definition) is 4. The third-order valence-corrected chi connectivity index (χ3v) is 2.21. The van der Waals surface area contributed by atoms with Crippen LogP contribution in [0.5, 0.6) is 0 Å². The van der Waals surface area contributed by atoms with Crippen LogP contribution in [0, 0.1) is 5.41 Å². The van der Waals surface area contributed by atoms with Crippen molar-refractivity contribution in [2.75, 3.05) is 0 Å². The summed E-state index contributed by atoms with van der Waals surface area (Å²) in [5.41, 5.74) is 5.10. The quantitative estimate of drug-likeness (QED) is 0.367. The largest absolute Gasteiger partial charge is 0.378 e. The lowest BCUT2D eigenvalue weighted by molar-refractivity contribution is 1.26. The average molecular weight is 159 g/mol. The number of thiazole rings is 1. The molecule has 1 rings (SSSR count). The SMILES string of the molecule is N=C(N)Sc1nccs1. The van der Waals surface area contributed by atoms with E-state index in [0.717, 1.165) is 4.34 Å². The number of thioether (sulfide) groups is 1. The van der Waals surface area contributed by atoms with E-state index in [9.17, 15) is 0 Å². The maximum Gasteiger partial charge on any atom is 0.158 e. The summed E-state index contributed by atoms with van der Waals surface area (Å²) < 4.78 is 0.822. The first-order valence-electron chi connectivity index (χ1n) is 2.20. The molecule has 1 heterocycles. The highest BCUT2D eigenvalue weighted by Gasteiger charge is 1.95. The Morgan fingerprint density at radius 1 is 1.89 bits per heavy atom. The topological polar surface area (TPSA) is 62.8 Å². The second-order valence-electron chi connectivity index (χ2n) is 1.26. The number of hydrogen-bond donors (Lipinski definition) is 2. The molecule has 0 fully saturated rings. The molecule has 0 spiro atoms. The standard InChI is InChI=1S/C4H5N3S2/c5-3(6)9-4-7-1-2-8-4/h1-2H,(H3,5,6). The predicted molar refractivity (Wildman–Crippen MR) is 39.9 cm³/mol. The summed E-state index contributed by atoms with van der Waals surface area (Å²) in [5, 5.41) is 8.82. The summed E-state index contributed by atoms with van der Waals surface area (Å²) in [7, 11) is 0. The first-order valence-corrected chi connectivity index (χ1v) is 3.90. The Bertz CT molecular complexity index is 194. The van der Waals surface area contributed by atoms with Crippen molar-refractivity contribution in [2.45, 2.75) is 4.34 Å². The summed E-state index contributed by atoms with van der Waals surface area (Å²) >= 11 is 2.66. The summed E-state index contributed by atoms with van der Waals surface area (Å²) in [4.78, 5) is 3.92. The lowest BCUT2D eigenvalue weighted by Crippen LogP contribution is -2.02. The van der Waals surface area contributed by atoms with E-state index >= 15 is 0 Å².